The summed E-state index contributed by atoms with van der Waals surface area (Å²) in [4.78, 5) is 37.5. The van der Waals surface area contributed by atoms with Gasteiger partial charge in [-0.3, -0.25) is 4.79 Å². The summed E-state index contributed by atoms with van der Waals surface area (Å²) in [6.45, 7) is 8.63. The maximum Gasteiger partial charge on any atom is 1.00 e. The Bertz CT molecular complexity index is 1680. The molecule has 0 radical (unpaired) electrons. The van der Waals surface area contributed by atoms with Crippen LogP contribution in [0, 0.1) is 6.92 Å². The number of fused-ring (bicyclic) bond motifs is 1. The van der Waals surface area contributed by atoms with Crippen LogP contribution in [-0.4, -0.2) is 59.5 Å². The van der Waals surface area contributed by atoms with Crippen LogP contribution >= 0.6 is 0 Å². The molecule has 0 bridgehead atoms. The van der Waals surface area contributed by atoms with Crippen LogP contribution in [0.1, 0.15) is 49.2 Å². The topological polar surface area (TPSA) is 203 Å². The molecule has 2 heterocycles. The minimum atomic E-state index is -1.52. The second kappa shape index (κ2) is 14.2. The molecule has 0 spiro atoms. The van der Waals surface area contributed by atoms with E-state index >= 15 is 0 Å². The molecule has 0 aliphatic carbocycles. The van der Waals surface area contributed by atoms with Gasteiger partial charge in [0, 0.05) is 18.2 Å². The van der Waals surface area contributed by atoms with E-state index in [-0.39, 0.29) is 63.2 Å². The zero-order valence-electron chi connectivity index (χ0n) is 26.1. The van der Waals surface area contributed by atoms with Gasteiger partial charge < -0.3 is 49.7 Å². The molecule has 1 aliphatic heterocycles. The minimum absolute atomic E-state index is 0. The number of benzene rings is 2. The first-order valence-corrected chi connectivity index (χ1v) is 13.7. The fourth-order valence-electron chi connectivity index (χ4n) is 5.05. The molecular weight excluding hydrogens is 599 g/mol. The summed E-state index contributed by atoms with van der Waals surface area (Å²) in [5.41, 5.74) is 4.31. The average Bonchev–Trinajstić information content (AvgIpc) is 2.94. The van der Waals surface area contributed by atoms with Crippen LogP contribution in [0.5, 0.6) is 17.2 Å². The molecular formula is C31H35N2NaO11. The molecule has 14 heteroatoms. The third kappa shape index (κ3) is 7.63. The van der Waals surface area contributed by atoms with Gasteiger partial charge in [0.15, 0.2) is 23.6 Å². The molecule has 2 aromatic carbocycles. The smallest absolute Gasteiger partial charge is 0.872 e. The first-order chi connectivity index (χ1) is 20.6. The summed E-state index contributed by atoms with van der Waals surface area (Å²) in [5.74, 6) is -1.38. The number of primary amides is 1. The van der Waals surface area contributed by atoms with Crippen LogP contribution in [0.15, 0.2) is 51.2 Å². The van der Waals surface area contributed by atoms with Gasteiger partial charge >= 0.3 is 41.3 Å². The Morgan fingerprint density at radius 2 is 1.89 bits per heavy atom. The van der Waals surface area contributed by atoms with Crippen molar-refractivity contribution in [2.75, 3.05) is 12.4 Å². The minimum Gasteiger partial charge on any atom is -0.872 e. The number of rotatable bonds is 8. The number of hydrogen-bond acceptors (Lipinski definition) is 11. The molecule has 4 atom stereocenters. The van der Waals surface area contributed by atoms with E-state index in [9.17, 15) is 29.7 Å². The number of nitrogens with two attached hydrogens (primary N) is 1. The molecule has 1 saturated heterocycles. The van der Waals surface area contributed by atoms with Gasteiger partial charge in [0.1, 0.15) is 17.4 Å². The zero-order chi connectivity index (χ0) is 32.5. The van der Waals surface area contributed by atoms with Crippen molar-refractivity contribution in [2.45, 2.75) is 71.2 Å². The van der Waals surface area contributed by atoms with Crippen LogP contribution in [0.25, 0.3) is 11.0 Å². The van der Waals surface area contributed by atoms with Crippen molar-refractivity contribution in [3.8, 4) is 17.2 Å². The van der Waals surface area contributed by atoms with Crippen LogP contribution in [-0.2, 0) is 20.6 Å². The molecule has 3 aromatic rings. The van der Waals surface area contributed by atoms with E-state index < -0.39 is 59.3 Å². The summed E-state index contributed by atoms with van der Waals surface area (Å²) in [6.07, 6.45) is -3.93. The monoisotopic (exact) mass is 634 g/mol. The number of hydrogen-bond donors (Lipinski definition) is 4. The van der Waals surface area contributed by atoms with Crippen molar-refractivity contribution in [1.82, 2.24) is 0 Å². The van der Waals surface area contributed by atoms with Crippen molar-refractivity contribution in [3.63, 3.8) is 0 Å². The van der Waals surface area contributed by atoms with Gasteiger partial charge in [0.25, 0.3) is 5.91 Å². The second-order valence-corrected chi connectivity index (χ2v) is 11.2. The molecule has 2 amide bonds. The normalized spacial score (nSPS) is 20.5. The van der Waals surface area contributed by atoms with Crippen LogP contribution in [0.3, 0.4) is 0 Å². The van der Waals surface area contributed by atoms with E-state index in [4.69, 9.17) is 29.1 Å². The van der Waals surface area contributed by atoms with Crippen LogP contribution in [0.2, 0.25) is 0 Å². The van der Waals surface area contributed by atoms with Gasteiger partial charge in [0.2, 0.25) is 6.29 Å². The van der Waals surface area contributed by atoms with Crippen molar-refractivity contribution < 1.29 is 77.8 Å². The molecule has 0 saturated carbocycles. The summed E-state index contributed by atoms with van der Waals surface area (Å²) in [6, 6.07) is 6.87. The third-order valence-electron chi connectivity index (χ3n) is 7.31. The van der Waals surface area contributed by atoms with Gasteiger partial charge in [-0.15, -0.1) is 5.75 Å². The summed E-state index contributed by atoms with van der Waals surface area (Å²) in [7, 11) is 1.37. The summed E-state index contributed by atoms with van der Waals surface area (Å²) >= 11 is 0. The van der Waals surface area contributed by atoms with Crippen molar-refractivity contribution >= 4 is 28.7 Å². The predicted molar refractivity (Wildman–Crippen MR) is 157 cm³/mol. The van der Waals surface area contributed by atoms with Crippen molar-refractivity contribution in [1.29, 1.82) is 0 Å². The molecule has 45 heavy (non-hydrogen) atoms. The number of aliphatic hydroxyl groups excluding tert-OH is 1. The number of ether oxygens (including phenoxy) is 4. The SMILES string of the molecule is CO[C@@H]1[C@H](OC(N)=O)C(O)[C@H](Oc2ccc3c(O)c(NC(=O)c4ccc([O-])c(CC=C(C)C)c4)c(=O)oc3c2C)OC1(C)C.[Na+]. The largest absolute Gasteiger partial charge is 1.00 e. The van der Waals surface area contributed by atoms with Gasteiger partial charge in [-0.05, 0) is 59.2 Å². The predicted octanol–water partition coefficient (Wildman–Crippen LogP) is -0.000880. The van der Waals surface area contributed by atoms with E-state index in [1.54, 1.807) is 20.8 Å². The maximum atomic E-state index is 13.0. The number of carbonyl (C=O) groups is 2. The number of aromatic hydroxyl groups is 1. The molecule has 1 aliphatic rings. The zero-order valence-corrected chi connectivity index (χ0v) is 28.1. The Morgan fingerprint density at radius 1 is 1.20 bits per heavy atom. The van der Waals surface area contributed by atoms with E-state index in [0.29, 0.717) is 12.0 Å². The fourth-order valence-corrected chi connectivity index (χ4v) is 5.05. The number of methoxy groups -OCH3 is 1. The van der Waals surface area contributed by atoms with Gasteiger partial charge in [-0.2, -0.15) is 0 Å². The molecule has 1 unspecified atom stereocenters. The Hall–Kier alpha value is -3.59. The summed E-state index contributed by atoms with van der Waals surface area (Å²) in [5, 5.41) is 36.6. The molecule has 13 nitrogen and oxygen atoms in total. The van der Waals surface area contributed by atoms with Gasteiger partial charge in [-0.25, -0.2) is 9.59 Å². The molecule has 4 rings (SSSR count). The quantitative estimate of drug-likeness (QED) is 0.148. The first kappa shape index (κ1) is 35.9. The van der Waals surface area contributed by atoms with Gasteiger partial charge in [-0.1, -0.05) is 29.3 Å². The van der Waals surface area contributed by atoms with Gasteiger partial charge in [0.05, 0.1) is 11.0 Å². The summed E-state index contributed by atoms with van der Waals surface area (Å²) < 4.78 is 27.8. The Morgan fingerprint density at radius 3 is 2.51 bits per heavy atom. The number of carbonyl (C=O) groups excluding carboxylic acids is 2. The standard InChI is InChI=1S/C31H36N2O11.Na/c1-14(2)7-8-16-13-17(9-11-19(16)34)27(37)33-21-22(35)18-10-12-20(15(3)24(18)42-28(21)38)41-29-23(36)25(43-30(32)39)26(40-6)31(4,5)44-29;/h7,9-13,23,25-26,29,34-36H,8H2,1-6H3,(H2,32,39)(H,33,37);/q;+1/p-1/t23?,25-,26-,29-;/m1./s1. The number of aryl methyl sites for hydroxylation is 1. The number of allylic oxidation sites excluding steroid dienone is 2. The fraction of sp³-hybridized carbons (Fsp3) is 0.387. The van der Waals surface area contributed by atoms with E-state index in [2.05, 4.69) is 5.32 Å². The number of aliphatic hydroxyl groups is 1. The second-order valence-electron chi connectivity index (χ2n) is 11.2. The Labute approximate surface area is 281 Å². The molecule has 1 fully saturated rings. The number of amides is 2. The molecule has 5 N–H and O–H groups in total. The van der Waals surface area contributed by atoms with Crippen molar-refractivity contribution in [3.05, 3.63) is 69.1 Å². The Balaban J connectivity index is 0.00000552. The molecule has 236 valence electrons. The first-order valence-electron chi connectivity index (χ1n) is 13.7. The van der Waals surface area contributed by atoms with Crippen LogP contribution < -0.4 is 56.1 Å². The van der Waals surface area contributed by atoms with Crippen LogP contribution in [0.4, 0.5) is 10.5 Å². The van der Waals surface area contributed by atoms with E-state index in [1.807, 2.05) is 19.9 Å². The number of nitrogens with one attached hydrogen (secondary N) is 1. The van der Waals surface area contributed by atoms with Crippen molar-refractivity contribution in [2.24, 2.45) is 5.73 Å². The average molecular weight is 635 g/mol. The Kier molecular flexibility index (Phi) is 11.3. The van der Waals surface area contributed by atoms with E-state index in [1.165, 1.54) is 37.4 Å². The van der Waals surface area contributed by atoms with E-state index in [0.717, 1.165) is 5.57 Å². The third-order valence-corrected chi connectivity index (χ3v) is 7.31. The maximum absolute atomic E-state index is 13.0. The number of anilines is 1. The molecule has 1 aromatic heterocycles.